The van der Waals surface area contributed by atoms with Crippen molar-refractivity contribution in [3.05, 3.63) is 0 Å². The smallest absolute Gasteiger partial charge is 0.312 e. The van der Waals surface area contributed by atoms with E-state index < -0.39 is 27.7 Å². The van der Waals surface area contributed by atoms with Gasteiger partial charge in [-0.25, -0.2) is 0 Å². The predicted octanol–water partition coefficient (Wildman–Crippen LogP) is 5.14. The summed E-state index contributed by atoms with van der Waals surface area (Å²) in [5, 5.41) is 0. The van der Waals surface area contributed by atoms with Crippen LogP contribution in [-0.4, -0.2) is 53.5 Å². The first kappa shape index (κ1) is 25.0. The molecule has 5 aliphatic rings. The van der Waals surface area contributed by atoms with E-state index in [9.17, 15) is 9.59 Å². The average molecular weight is 509 g/mol. The number of hydrogen-bond donors (Lipinski definition) is 0. The third-order valence-electron chi connectivity index (χ3n) is 10.00. The Morgan fingerprint density at radius 1 is 1.09 bits per heavy atom. The van der Waals surface area contributed by atoms with Gasteiger partial charge in [-0.05, 0) is 96.6 Å². The van der Waals surface area contributed by atoms with Crippen LogP contribution in [-0.2, 0) is 27.9 Å². The molecule has 192 valence electrons. The topological polar surface area (TPSA) is 71.1 Å². The van der Waals surface area contributed by atoms with Crippen molar-refractivity contribution in [2.45, 2.75) is 102 Å². The zero-order valence-electron chi connectivity index (χ0n) is 22.4. The van der Waals surface area contributed by atoms with Gasteiger partial charge in [0.15, 0.2) is 16.6 Å². The van der Waals surface area contributed by atoms with Crippen molar-refractivity contribution >= 4 is 28.6 Å². The predicted molar refractivity (Wildman–Crippen MR) is 134 cm³/mol. The Labute approximate surface area is 207 Å². The Balaban J connectivity index is 1.63. The molecular weight excluding hydrogens is 464 g/mol. The van der Waals surface area contributed by atoms with E-state index in [1.165, 1.54) is 7.11 Å². The normalized spacial score (nSPS) is 47.2. The van der Waals surface area contributed by atoms with Crippen LogP contribution < -0.4 is 0 Å². The molecule has 1 saturated heterocycles. The third kappa shape index (κ3) is 3.30. The summed E-state index contributed by atoms with van der Waals surface area (Å²) in [5.41, 5.74) is -1.64. The number of ether oxygens (including phenoxy) is 2. The van der Waals surface area contributed by atoms with Crippen LogP contribution in [0.5, 0.6) is 0 Å². The molecular formula is C26H44O6Si2. The van der Waals surface area contributed by atoms with Crippen LogP contribution in [0.4, 0.5) is 0 Å². The third-order valence-corrected chi connectivity index (χ3v) is 12.1. The van der Waals surface area contributed by atoms with Crippen LogP contribution in [0.1, 0.15) is 51.9 Å². The summed E-state index contributed by atoms with van der Waals surface area (Å²) in [5.74, 6) is -0.222. The largest absolute Gasteiger partial charge is 0.469 e. The molecule has 0 aromatic carbocycles. The zero-order valence-corrected chi connectivity index (χ0v) is 24.4. The van der Waals surface area contributed by atoms with Crippen LogP contribution >= 0.6 is 0 Å². The van der Waals surface area contributed by atoms with E-state index in [2.05, 4.69) is 46.2 Å². The molecule has 0 aromatic rings. The quantitative estimate of drug-likeness (QED) is 0.365. The minimum Gasteiger partial charge on any atom is -0.469 e. The number of rotatable bonds is 6. The van der Waals surface area contributed by atoms with E-state index in [0.717, 1.165) is 44.9 Å². The summed E-state index contributed by atoms with van der Waals surface area (Å²) in [6.45, 7) is 16.3. The minimum atomic E-state index is -1.86. The fourth-order valence-corrected chi connectivity index (χ4v) is 11.6. The first-order chi connectivity index (χ1) is 15.6. The minimum absolute atomic E-state index is 0.0921. The first-order valence-corrected chi connectivity index (χ1v) is 20.1. The van der Waals surface area contributed by atoms with Gasteiger partial charge in [-0.2, -0.15) is 0 Å². The molecule has 1 heterocycles. The summed E-state index contributed by atoms with van der Waals surface area (Å²) in [6, 6.07) is 0. The Morgan fingerprint density at radius 3 is 2.41 bits per heavy atom. The van der Waals surface area contributed by atoms with Gasteiger partial charge in [0.2, 0.25) is 0 Å². The maximum absolute atomic E-state index is 13.6. The van der Waals surface area contributed by atoms with Gasteiger partial charge in [0.25, 0.3) is 0 Å². The molecule has 6 nitrogen and oxygen atoms in total. The number of carbonyl (C=O) groups is 2. The van der Waals surface area contributed by atoms with Crippen LogP contribution in [0.3, 0.4) is 0 Å². The second kappa shape index (κ2) is 7.42. The number of fused-ring (bicyclic) bond motifs is 1. The van der Waals surface area contributed by atoms with Crippen LogP contribution in [0.15, 0.2) is 0 Å². The maximum Gasteiger partial charge on any atom is 0.312 e. The van der Waals surface area contributed by atoms with Gasteiger partial charge in [-0.15, -0.1) is 0 Å². The highest BCUT2D eigenvalue weighted by Crippen LogP contribution is 2.79. The molecule has 0 amide bonds. The van der Waals surface area contributed by atoms with Crippen molar-refractivity contribution in [1.29, 1.82) is 0 Å². The highest BCUT2D eigenvalue weighted by Gasteiger charge is 2.83. The van der Waals surface area contributed by atoms with Gasteiger partial charge in [0.1, 0.15) is 5.60 Å². The molecule has 1 aliphatic heterocycles. The number of methoxy groups -OCH3 is 1. The van der Waals surface area contributed by atoms with Crippen molar-refractivity contribution < 1.29 is 27.9 Å². The molecule has 1 unspecified atom stereocenters. The molecule has 1 spiro atoms. The molecule has 5 rings (SSSR count). The first-order valence-electron chi connectivity index (χ1n) is 13.3. The van der Waals surface area contributed by atoms with Gasteiger partial charge in [-0.3, -0.25) is 9.59 Å². The Morgan fingerprint density at radius 2 is 1.79 bits per heavy atom. The molecule has 0 radical (unpaired) electrons. The number of carbonyl (C=O) groups excluding carboxylic acids is 2. The van der Waals surface area contributed by atoms with Gasteiger partial charge in [-0.1, -0.05) is 0 Å². The van der Waals surface area contributed by atoms with Crippen molar-refractivity contribution in [1.82, 2.24) is 0 Å². The van der Waals surface area contributed by atoms with E-state index in [1.54, 1.807) is 0 Å². The molecule has 8 atom stereocenters. The van der Waals surface area contributed by atoms with Crippen molar-refractivity contribution in [2.75, 3.05) is 13.7 Å². The summed E-state index contributed by atoms with van der Waals surface area (Å²) >= 11 is 0. The number of esters is 2. The van der Waals surface area contributed by atoms with E-state index in [4.69, 9.17) is 18.3 Å². The van der Waals surface area contributed by atoms with Crippen molar-refractivity contribution in [3.8, 4) is 0 Å². The molecule has 4 aliphatic carbocycles. The summed E-state index contributed by atoms with van der Waals surface area (Å²) in [4.78, 5) is 26.9. The van der Waals surface area contributed by atoms with Crippen molar-refractivity contribution in [3.63, 3.8) is 0 Å². The lowest BCUT2D eigenvalue weighted by Gasteiger charge is -2.49. The maximum atomic E-state index is 13.6. The summed E-state index contributed by atoms with van der Waals surface area (Å²) in [6.07, 6.45) is 6.32. The Hall–Kier alpha value is -0.706. The standard InChI is InChI=1S/C26H44O6Si2/c1-23-11-9-12-26(31-22(23)28)18-10-13-25(32-34(6,7)8)16-24(18,19(20(23)26)21(27)29-2)14-17(25)15-30-33(3,4)5/h17-20H,9-16H2,1-8H3/t17-,18+,19+,20+,23?,24-,25-,26+/m0/s1. The summed E-state index contributed by atoms with van der Waals surface area (Å²) in [7, 11) is -2.07. The van der Waals surface area contributed by atoms with Crippen LogP contribution in [0.25, 0.3) is 0 Å². The lowest BCUT2D eigenvalue weighted by molar-refractivity contribution is -0.163. The average Bonchev–Trinajstić information content (AvgIpc) is 3.13. The van der Waals surface area contributed by atoms with E-state index >= 15 is 0 Å². The van der Waals surface area contributed by atoms with Gasteiger partial charge in [0.05, 0.1) is 24.0 Å². The van der Waals surface area contributed by atoms with E-state index in [1.807, 2.05) is 0 Å². The highest BCUT2D eigenvalue weighted by atomic mass is 28.4. The monoisotopic (exact) mass is 508 g/mol. The van der Waals surface area contributed by atoms with E-state index in [-0.39, 0.29) is 46.6 Å². The van der Waals surface area contributed by atoms with Gasteiger partial charge in [0, 0.05) is 24.4 Å². The second-order valence-corrected chi connectivity index (χ2v) is 23.1. The number of hydrogen-bond acceptors (Lipinski definition) is 6. The molecule has 4 saturated carbocycles. The zero-order chi connectivity index (χ0) is 24.9. The van der Waals surface area contributed by atoms with Gasteiger partial charge < -0.3 is 18.3 Å². The highest BCUT2D eigenvalue weighted by molar-refractivity contribution is 6.70. The van der Waals surface area contributed by atoms with Crippen LogP contribution in [0.2, 0.25) is 39.3 Å². The molecule has 0 N–H and O–H groups in total. The fraction of sp³-hybridized carbons (Fsp3) is 0.923. The summed E-state index contributed by atoms with van der Waals surface area (Å²) < 4.78 is 25.5. The molecule has 0 aromatic heterocycles. The molecule has 8 heteroatoms. The SMILES string of the molecule is COC(=O)[C@H]1[C@@H]2C3(C)CCC[C@@]2(OC3=O)[C@@H]2CC[C@]3(O[Si](C)(C)C)C[C@@]21C[C@H]3CO[Si](C)(C)C. The molecule has 34 heavy (non-hydrogen) atoms. The molecule has 4 bridgehead atoms. The Bertz CT molecular complexity index is 895. The Kier molecular flexibility index (Phi) is 5.45. The second-order valence-electron chi connectivity index (χ2n) is 14.2. The fourth-order valence-electron chi connectivity index (χ4n) is 9.34. The van der Waals surface area contributed by atoms with Crippen LogP contribution in [0, 0.1) is 34.5 Å². The molecule has 5 fully saturated rings. The lowest BCUT2D eigenvalue weighted by Crippen LogP contribution is -2.52. The van der Waals surface area contributed by atoms with Gasteiger partial charge >= 0.3 is 11.9 Å². The van der Waals surface area contributed by atoms with E-state index in [0.29, 0.717) is 6.61 Å². The van der Waals surface area contributed by atoms with Crippen molar-refractivity contribution in [2.24, 2.45) is 34.5 Å². The lowest BCUT2D eigenvalue weighted by atomic mass is 9.60.